The lowest BCUT2D eigenvalue weighted by Crippen LogP contribution is -2.03. The van der Waals surface area contributed by atoms with Gasteiger partial charge in [0.25, 0.3) is 0 Å². The van der Waals surface area contributed by atoms with Gasteiger partial charge in [0.15, 0.2) is 11.6 Å². The van der Waals surface area contributed by atoms with E-state index in [1.165, 1.54) is 13.8 Å². The second-order valence-corrected chi connectivity index (χ2v) is 3.86. The van der Waals surface area contributed by atoms with E-state index >= 15 is 0 Å². The van der Waals surface area contributed by atoms with Crippen LogP contribution in [0.25, 0.3) is 0 Å². The predicted molar refractivity (Wildman–Crippen MR) is 59.2 cm³/mol. The molecule has 1 aromatic rings. The molecule has 1 rings (SSSR count). The Morgan fingerprint density at radius 3 is 1.77 bits per heavy atom. The molecule has 68 valence electrons. The summed E-state index contributed by atoms with van der Waals surface area (Å²) < 4.78 is 0.750. The number of hydrogen-bond acceptors (Lipinski definition) is 2. The van der Waals surface area contributed by atoms with Crippen molar-refractivity contribution in [1.82, 2.24) is 0 Å². The molecular formula is C10H9IO2. The summed E-state index contributed by atoms with van der Waals surface area (Å²) in [4.78, 5) is 22.2. The summed E-state index contributed by atoms with van der Waals surface area (Å²) in [6, 6.07) is 5.20. The summed E-state index contributed by atoms with van der Waals surface area (Å²) in [6.45, 7) is 3.00. The van der Waals surface area contributed by atoms with Gasteiger partial charge < -0.3 is 0 Å². The third-order valence-corrected chi connectivity index (χ3v) is 2.92. The number of halogens is 1. The highest BCUT2D eigenvalue weighted by molar-refractivity contribution is 14.1. The van der Waals surface area contributed by atoms with Crippen molar-refractivity contribution >= 4 is 34.2 Å². The molecule has 3 heteroatoms. The lowest BCUT2D eigenvalue weighted by molar-refractivity contribution is 0.101. The van der Waals surface area contributed by atoms with Gasteiger partial charge in [-0.05, 0) is 36.4 Å². The third kappa shape index (κ3) is 2.15. The Labute approximate surface area is 90.5 Å². The van der Waals surface area contributed by atoms with Gasteiger partial charge in [0.2, 0.25) is 0 Å². The molecule has 0 spiro atoms. The van der Waals surface area contributed by atoms with E-state index in [-0.39, 0.29) is 11.6 Å². The number of ketones is 2. The summed E-state index contributed by atoms with van der Waals surface area (Å²) in [5.74, 6) is -0.0139. The highest BCUT2D eigenvalue weighted by Gasteiger charge is 2.11. The van der Waals surface area contributed by atoms with Crippen LogP contribution in [0.5, 0.6) is 0 Å². The van der Waals surface area contributed by atoms with E-state index in [2.05, 4.69) is 0 Å². The molecule has 13 heavy (non-hydrogen) atoms. The molecule has 0 aliphatic heterocycles. The van der Waals surface area contributed by atoms with E-state index in [0.717, 1.165) is 3.57 Å². The minimum absolute atomic E-state index is 0.00694. The van der Waals surface area contributed by atoms with Gasteiger partial charge in [0.1, 0.15) is 0 Å². The molecular weight excluding hydrogens is 279 g/mol. The van der Waals surface area contributed by atoms with Gasteiger partial charge in [0.05, 0.1) is 0 Å². The van der Waals surface area contributed by atoms with Crippen molar-refractivity contribution in [3.8, 4) is 0 Å². The number of carbonyl (C=O) groups excluding carboxylic acids is 2. The Morgan fingerprint density at radius 2 is 1.46 bits per heavy atom. The average molecular weight is 288 g/mol. The second kappa shape index (κ2) is 4.00. The SMILES string of the molecule is CC(=O)c1cccc(C(C)=O)c1I. The van der Waals surface area contributed by atoms with Crippen molar-refractivity contribution in [3.63, 3.8) is 0 Å². The van der Waals surface area contributed by atoms with E-state index < -0.39 is 0 Å². The van der Waals surface area contributed by atoms with Crippen molar-refractivity contribution in [2.45, 2.75) is 13.8 Å². The van der Waals surface area contributed by atoms with Crippen LogP contribution in [0, 0.1) is 3.57 Å². The third-order valence-electron chi connectivity index (χ3n) is 1.76. The topological polar surface area (TPSA) is 34.1 Å². The molecule has 2 nitrogen and oxygen atoms in total. The van der Waals surface area contributed by atoms with Crippen LogP contribution in [0.4, 0.5) is 0 Å². The molecule has 0 unspecified atom stereocenters. The van der Waals surface area contributed by atoms with Crippen molar-refractivity contribution in [2.75, 3.05) is 0 Å². The van der Waals surface area contributed by atoms with Gasteiger partial charge in [0, 0.05) is 14.7 Å². The van der Waals surface area contributed by atoms with Crippen LogP contribution in [-0.2, 0) is 0 Å². The van der Waals surface area contributed by atoms with E-state index in [4.69, 9.17) is 0 Å². The minimum atomic E-state index is -0.00694. The number of Topliss-reactive ketones (excluding diaryl/α,β-unsaturated/α-hetero) is 2. The molecule has 0 saturated carbocycles. The molecule has 0 radical (unpaired) electrons. The van der Waals surface area contributed by atoms with Crippen molar-refractivity contribution < 1.29 is 9.59 Å². The van der Waals surface area contributed by atoms with E-state index in [0.29, 0.717) is 11.1 Å². The number of carbonyl (C=O) groups is 2. The maximum atomic E-state index is 11.1. The lowest BCUT2D eigenvalue weighted by atomic mass is 10.1. The fourth-order valence-corrected chi connectivity index (χ4v) is 2.19. The average Bonchev–Trinajstić information content (AvgIpc) is 2.03. The van der Waals surface area contributed by atoms with E-state index in [9.17, 15) is 9.59 Å². The monoisotopic (exact) mass is 288 g/mol. The number of benzene rings is 1. The smallest absolute Gasteiger partial charge is 0.160 e. The van der Waals surface area contributed by atoms with Gasteiger partial charge in [-0.2, -0.15) is 0 Å². The zero-order valence-electron chi connectivity index (χ0n) is 7.43. The Kier molecular flexibility index (Phi) is 3.19. The summed E-state index contributed by atoms with van der Waals surface area (Å²) in [5.41, 5.74) is 1.24. The normalized spacial score (nSPS) is 9.77. The molecule has 0 aliphatic carbocycles. The van der Waals surface area contributed by atoms with Gasteiger partial charge in [-0.15, -0.1) is 0 Å². The standard InChI is InChI=1S/C10H9IO2/c1-6(12)8-4-3-5-9(7(2)13)10(8)11/h3-5H,1-2H3. The Hall–Kier alpha value is -0.710. The van der Waals surface area contributed by atoms with E-state index in [1.54, 1.807) is 18.2 Å². The molecule has 0 amide bonds. The molecule has 1 aromatic carbocycles. The van der Waals surface area contributed by atoms with Gasteiger partial charge >= 0.3 is 0 Å². The largest absolute Gasteiger partial charge is 0.294 e. The van der Waals surface area contributed by atoms with Crippen molar-refractivity contribution in [2.24, 2.45) is 0 Å². The zero-order valence-corrected chi connectivity index (χ0v) is 9.58. The fraction of sp³-hybridized carbons (Fsp3) is 0.200. The maximum Gasteiger partial charge on any atom is 0.160 e. The predicted octanol–water partition coefficient (Wildman–Crippen LogP) is 2.70. The van der Waals surface area contributed by atoms with Crippen LogP contribution in [0.15, 0.2) is 18.2 Å². The molecule has 0 heterocycles. The first-order chi connectivity index (χ1) is 6.04. The van der Waals surface area contributed by atoms with Crippen LogP contribution in [0.3, 0.4) is 0 Å². The first-order valence-corrected chi connectivity index (χ1v) is 4.92. The molecule has 0 atom stereocenters. The van der Waals surface area contributed by atoms with Gasteiger partial charge in [-0.25, -0.2) is 0 Å². The van der Waals surface area contributed by atoms with Crippen molar-refractivity contribution in [3.05, 3.63) is 32.9 Å². The van der Waals surface area contributed by atoms with Crippen LogP contribution >= 0.6 is 22.6 Å². The minimum Gasteiger partial charge on any atom is -0.294 e. The Bertz CT molecular complexity index is 337. The molecule has 0 bridgehead atoms. The van der Waals surface area contributed by atoms with Crippen LogP contribution < -0.4 is 0 Å². The highest BCUT2D eigenvalue weighted by Crippen LogP contribution is 2.18. The molecule has 0 N–H and O–H groups in total. The second-order valence-electron chi connectivity index (χ2n) is 2.78. The first-order valence-electron chi connectivity index (χ1n) is 3.84. The van der Waals surface area contributed by atoms with Gasteiger partial charge in [-0.1, -0.05) is 18.2 Å². The molecule has 0 saturated heterocycles. The maximum absolute atomic E-state index is 11.1. The van der Waals surface area contributed by atoms with Crippen LogP contribution in [0.2, 0.25) is 0 Å². The summed E-state index contributed by atoms with van der Waals surface area (Å²) in [5, 5.41) is 0. The van der Waals surface area contributed by atoms with Gasteiger partial charge in [-0.3, -0.25) is 9.59 Å². The lowest BCUT2D eigenvalue weighted by Gasteiger charge is -2.03. The summed E-state index contributed by atoms with van der Waals surface area (Å²) in [6.07, 6.45) is 0. The summed E-state index contributed by atoms with van der Waals surface area (Å²) in [7, 11) is 0. The fourth-order valence-electron chi connectivity index (χ4n) is 1.08. The van der Waals surface area contributed by atoms with Crippen molar-refractivity contribution in [1.29, 1.82) is 0 Å². The Balaban J connectivity index is 3.35. The number of rotatable bonds is 2. The molecule has 0 fully saturated rings. The molecule has 0 aliphatic rings. The van der Waals surface area contributed by atoms with Crippen LogP contribution in [-0.4, -0.2) is 11.6 Å². The Morgan fingerprint density at radius 1 is 1.08 bits per heavy atom. The zero-order chi connectivity index (χ0) is 10.0. The first kappa shape index (κ1) is 10.4. The van der Waals surface area contributed by atoms with Crippen LogP contribution in [0.1, 0.15) is 34.6 Å². The summed E-state index contributed by atoms with van der Waals surface area (Å²) >= 11 is 2.03. The van der Waals surface area contributed by atoms with E-state index in [1.807, 2.05) is 22.6 Å². The quantitative estimate of drug-likeness (QED) is 0.619. The highest BCUT2D eigenvalue weighted by atomic mass is 127. The molecule has 0 aromatic heterocycles. The number of hydrogen-bond donors (Lipinski definition) is 0.